The molecule has 1 atom stereocenters. The summed E-state index contributed by atoms with van der Waals surface area (Å²) in [4.78, 5) is 37.8. The standard InChI is InChI=1S/C55H100O6/c1-4-7-10-13-16-19-21-23-24-25-26-27-28-29-30-31-32-33-35-36-39-42-45-48-54(57)60-51-52(50-59-53(56)47-44-41-38-18-15-12-9-6-3)61-55(58)49-46-43-40-37-34-22-20-17-14-11-8-5-2/h21,23,25-26,28-29,52H,4-20,22,24,27,30-51H2,1-3H3/b23-21-,26-25-,29-28-. The molecule has 0 aliphatic rings. The zero-order valence-corrected chi connectivity index (χ0v) is 40.7. The summed E-state index contributed by atoms with van der Waals surface area (Å²) in [5.74, 6) is -0.873. The van der Waals surface area contributed by atoms with Gasteiger partial charge in [-0.1, -0.05) is 237 Å². The number of carbonyl (C=O) groups is 3. The SMILES string of the molecule is CCCCCCC/C=C\C/C=C\C/C=C\CCCCCCCCCCC(=O)OCC(COC(=O)CCCCCCCCCC)OC(=O)CCCCCCCCCCCCCC. The maximum Gasteiger partial charge on any atom is 0.306 e. The van der Waals surface area contributed by atoms with E-state index in [1.807, 2.05) is 0 Å². The first-order chi connectivity index (χ1) is 30.0. The molecule has 0 bridgehead atoms. The molecule has 0 aromatic carbocycles. The highest BCUT2D eigenvalue weighted by atomic mass is 16.6. The van der Waals surface area contributed by atoms with E-state index in [0.29, 0.717) is 19.3 Å². The number of esters is 3. The average molecular weight is 857 g/mol. The Bertz CT molecular complexity index is 1030. The second kappa shape index (κ2) is 50.3. The minimum Gasteiger partial charge on any atom is -0.462 e. The molecule has 0 saturated heterocycles. The highest BCUT2D eigenvalue weighted by Gasteiger charge is 2.19. The van der Waals surface area contributed by atoms with Crippen molar-refractivity contribution in [3.8, 4) is 0 Å². The van der Waals surface area contributed by atoms with Crippen LogP contribution >= 0.6 is 0 Å². The fourth-order valence-corrected chi connectivity index (χ4v) is 7.63. The normalized spacial score (nSPS) is 12.2. The molecule has 6 nitrogen and oxygen atoms in total. The Balaban J connectivity index is 4.20. The number of allylic oxidation sites excluding steroid dienone is 6. The van der Waals surface area contributed by atoms with Crippen molar-refractivity contribution in [2.45, 2.75) is 284 Å². The number of carbonyl (C=O) groups excluding carboxylic acids is 3. The molecule has 0 aliphatic heterocycles. The summed E-state index contributed by atoms with van der Waals surface area (Å²) in [7, 11) is 0. The number of rotatable bonds is 48. The Hall–Kier alpha value is -2.37. The molecular formula is C55H100O6. The molecule has 0 amide bonds. The van der Waals surface area contributed by atoms with E-state index in [2.05, 4.69) is 57.2 Å². The van der Waals surface area contributed by atoms with Crippen LogP contribution in [0.3, 0.4) is 0 Å². The molecule has 0 fully saturated rings. The van der Waals surface area contributed by atoms with Crippen LogP contribution in [0.15, 0.2) is 36.5 Å². The number of ether oxygens (including phenoxy) is 3. The third-order valence-electron chi connectivity index (χ3n) is 11.6. The monoisotopic (exact) mass is 857 g/mol. The van der Waals surface area contributed by atoms with Crippen LogP contribution in [0.25, 0.3) is 0 Å². The van der Waals surface area contributed by atoms with Crippen molar-refractivity contribution in [3.05, 3.63) is 36.5 Å². The molecule has 0 aromatic heterocycles. The molecule has 6 heteroatoms. The van der Waals surface area contributed by atoms with Crippen LogP contribution in [0, 0.1) is 0 Å². The lowest BCUT2D eigenvalue weighted by Crippen LogP contribution is -2.30. The molecule has 0 saturated carbocycles. The minimum atomic E-state index is -0.768. The minimum absolute atomic E-state index is 0.0710. The summed E-state index contributed by atoms with van der Waals surface area (Å²) in [6.45, 7) is 6.61. The van der Waals surface area contributed by atoms with E-state index in [1.54, 1.807) is 0 Å². The first-order valence-electron chi connectivity index (χ1n) is 26.5. The van der Waals surface area contributed by atoms with Crippen LogP contribution < -0.4 is 0 Å². The Morgan fingerprint density at radius 3 is 0.918 bits per heavy atom. The Kier molecular flexibility index (Phi) is 48.3. The number of hydrogen-bond donors (Lipinski definition) is 0. The van der Waals surface area contributed by atoms with Gasteiger partial charge in [-0.15, -0.1) is 0 Å². The quantitative estimate of drug-likeness (QED) is 0.0262. The Labute approximate surface area is 378 Å². The third-order valence-corrected chi connectivity index (χ3v) is 11.6. The van der Waals surface area contributed by atoms with Gasteiger partial charge in [0.15, 0.2) is 6.10 Å². The van der Waals surface area contributed by atoms with Crippen LogP contribution in [-0.2, 0) is 28.6 Å². The highest BCUT2D eigenvalue weighted by Crippen LogP contribution is 2.15. The molecule has 0 aromatic rings. The molecule has 0 heterocycles. The highest BCUT2D eigenvalue weighted by molar-refractivity contribution is 5.71. The fraction of sp³-hybridized carbons (Fsp3) is 0.836. The van der Waals surface area contributed by atoms with Gasteiger partial charge in [0.25, 0.3) is 0 Å². The van der Waals surface area contributed by atoms with Gasteiger partial charge in [-0.3, -0.25) is 14.4 Å². The van der Waals surface area contributed by atoms with Crippen LogP contribution in [0.4, 0.5) is 0 Å². The van der Waals surface area contributed by atoms with E-state index in [0.717, 1.165) is 77.0 Å². The van der Waals surface area contributed by atoms with Crippen LogP contribution in [0.2, 0.25) is 0 Å². The summed E-state index contributed by atoms with van der Waals surface area (Å²) < 4.78 is 16.7. The molecule has 0 N–H and O–H groups in total. The van der Waals surface area contributed by atoms with Gasteiger partial charge < -0.3 is 14.2 Å². The molecule has 61 heavy (non-hydrogen) atoms. The lowest BCUT2D eigenvalue weighted by atomic mass is 10.0. The molecule has 1 unspecified atom stereocenters. The third kappa shape index (κ3) is 48.5. The molecule has 0 radical (unpaired) electrons. The predicted octanol–water partition coefficient (Wildman–Crippen LogP) is 17.3. The van der Waals surface area contributed by atoms with Gasteiger partial charge >= 0.3 is 17.9 Å². The summed E-state index contributed by atoms with van der Waals surface area (Å²) in [6, 6.07) is 0. The molecular weight excluding hydrogens is 757 g/mol. The van der Waals surface area contributed by atoms with E-state index in [1.165, 1.54) is 161 Å². The first kappa shape index (κ1) is 58.6. The van der Waals surface area contributed by atoms with Gasteiger partial charge in [0.2, 0.25) is 0 Å². The van der Waals surface area contributed by atoms with Crippen LogP contribution in [0.1, 0.15) is 278 Å². The smallest absolute Gasteiger partial charge is 0.306 e. The van der Waals surface area contributed by atoms with E-state index in [9.17, 15) is 14.4 Å². The molecule has 0 rings (SSSR count). The fourth-order valence-electron chi connectivity index (χ4n) is 7.63. The summed E-state index contributed by atoms with van der Waals surface area (Å²) in [6.07, 6.45) is 58.5. The summed E-state index contributed by atoms with van der Waals surface area (Å²) in [5.41, 5.74) is 0. The van der Waals surface area contributed by atoms with E-state index >= 15 is 0 Å². The van der Waals surface area contributed by atoms with Crippen LogP contribution in [-0.4, -0.2) is 37.2 Å². The van der Waals surface area contributed by atoms with Gasteiger partial charge in [-0.05, 0) is 57.8 Å². The molecule has 0 spiro atoms. The predicted molar refractivity (Wildman–Crippen MR) is 261 cm³/mol. The van der Waals surface area contributed by atoms with Gasteiger partial charge in [0, 0.05) is 19.3 Å². The first-order valence-corrected chi connectivity index (χ1v) is 26.5. The van der Waals surface area contributed by atoms with Crippen molar-refractivity contribution in [1.29, 1.82) is 0 Å². The Morgan fingerprint density at radius 2 is 0.590 bits per heavy atom. The van der Waals surface area contributed by atoms with Crippen molar-refractivity contribution in [3.63, 3.8) is 0 Å². The van der Waals surface area contributed by atoms with Crippen molar-refractivity contribution in [2.75, 3.05) is 13.2 Å². The second-order valence-corrected chi connectivity index (χ2v) is 17.8. The summed E-state index contributed by atoms with van der Waals surface area (Å²) >= 11 is 0. The van der Waals surface area contributed by atoms with Gasteiger partial charge in [-0.25, -0.2) is 0 Å². The average Bonchev–Trinajstić information content (AvgIpc) is 3.26. The molecule has 0 aliphatic carbocycles. The van der Waals surface area contributed by atoms with Crippen LogP contribution in [0.5, 0.6) is 0 Å². The Morgan fingerprint density at radius 1 is 0.328 bits per heavy atom. The van der Waals surface area contributed by atoms with E-state index in [4.69, 9.17) is 14.2 Å². The maximum atomic E-state index is 12.7. The molecule has 356 valence electrons. The van der Waals surface area contributed by atoms with E-state index in [-0.39, 0.29) is 31.1 Å². The lowest BCUT2D eigenvalue weighted by Gasteiger charge is -2.18. The van der Waals surface area contributed by atoms with Crippen molar-refractivity contribution >= 4 is 17.9 Å². The topological polar surface area (TPSA) is 78.9 Å². The number of unbranched alkanes of at least 4 members (excludes halogenated alkanes) is 31. The van der Waals surface area contributed by atoms with Crippen molar-refractivity contribution < 1.29 is 28.6 Å². The zero-order valence-electron chi connectivity index (χ0n) is 40.7. The van der Waals surface area contributed by atoms with Gasteiger partial charge in [0.1, 0.15) is 13.2 Å². The van der Waals surface area contributed by atoms with Gasteiger partial charge in [0.05, 0.1) is 0 Å². The lowest BCUT2D eigenvalue weighted by molar-refractivity contribution is -0.167. The van der Waals surface area contributed by atoms with Crippen molar-refractivity contribution in [1.82, 2.24) is 0 Å². The van der Waals surface area contributed by atoms with Gasteiger partial charge in [-0.2, -0.15) is 0 Å². The zero-order chi connectivity index (χ0) is 44.4. The summed E-state index contributed by atoms with van der Waals surface area (Å²) in [5, 5.41) is 0. The maximum absolute atomic E-state index is 12.7. The number of hydrogen-bond acceptors (Lipinski definition) is 6. The largest absolute Gasteiger partial charge is 0.462 e. The second-order valence-electron chi connectivity index (χ2n) is 17.8. The van der Waals surface area contributed by atoms with E-state index < -0.39 is 6.10 Å². The van der Waals surface area contributed by atoms with Crippen molar-refractivity contribution in [2.24, 2.45) is 0 Å².